The summed E-state index contributed by atoms with van der Waals surface area (Å²) >= 11 is 3.61. The SMILES string of the molecule is Cc1ccc(Br)cc1C(C)(C)C1CCCCC1. The van der Waals surface area contributed by atoms with Gasteiger partial charge in [0.1, 0.15) is 0 Å². The molecule has 1 heteroatoms. The molecule has 1 aliphatic rings. The van der Waals surface area contributed by atoms with Crippen LogP contribution in [0.2, 0.25) is 0 Å². The zero-order chi connectivity index (χ0) is 12.5. The van der Waals surface area contributed by atoms with Crippen molar-refractivity contribution in [2.24, 2.45) is 5.92 Å². The van der Waals surface area contributed by atoms with E-state index in [1.807, 2.05) is 0 Å². The molecule has 0 aromatic heterocycles. The summed E-state index contributed by atoms with van der Waals surface area (Å²) in [6, 6.07) is 6.71. The third kappa shape index (κ3) is 2.76. The smallest absolute Gasteiger partial charge is 0.0178 e. The molecule has 0 saturated heterocycles. The standard InChI is InChI=1S/C16H23Br/c1-12-9-10-14(17)11-15(12)16(2,3)13-7-5-4-6-8-13/h9-11,13H,4-8H2,1-3H3. The van der Waals surface area contributed by atoms with Crippen LogP contribution in [-0.2, 0) is 5.41 Å². The van der Waals surface area contributed by atoms with E-state index < -0.39 is 0 Å². The van der Waals surface area contributed by atoms with Crippen LogP contribution in [0.1, 0.15) is 57.1 Å². The molecule has 1 aromatic carbocycles. The number of benzene rings is 1. The lowest BCUT2D eigenvalue weighted by molar-refractivity contribution is 0.235. The van der Waals surface area contributed by atoms with Crippen LogP contribution in [-0.4, -0.2) is 0 Å². The van der Waals surface area contributed by atoms with Gasteiger partial charge in [-0.15, -0.1) is 0 Å². The van der Waals surface area contributed by atoms with E-state index in [0.717, 1.165) is 5.92 Å². The quantitative estimate of drug-likeness (QED) is 0.664. The summed E-state index contributed by atoms with van der Waals surface area (Å²) in [7, 11) is 0. The first kappa shape index (κ1) is 13.1. The maximum absolute atomic E-state index is 3.61. The minimum absolute atomic E-state index is 0.314. The topological polar surface area (TPSA) is 0 Å². The molecule has 0 heterocycles. The lowest BCUT2D eigenvalue weighted by atomic mass is 9.66. The average Bonchev–Trinajstić information content (AvgIpc) is 2.33. The molecule has 2 rings (SSSR count). The highest BCUT2D eigenvalue weighted by Crippen LogP contribution is 2.42. The molecule has 0 N–H and O–H groups in total. The molecule has 94 valence electrons. The first-order valence-electron chi connectivity index (χ1n) is 6.78. The van der Waals surface area contributed by atoms with Gasteiger partial charge in [0.05, 0.1) is 0 Å². The first-order chi connectivity index (χ1) is 8.01. The van der Waals surface area contributed by atoms with E-state index in [0.29, 0.717) is 5.41 Å². The fourth-order valence-electron chi connectivity index (χ4n) is 3.33. The van der Waals surface area contributed by atoms with E-state index in [1.54, 1.807) is 0 Å². The fraction of sp³-hybridized carbons (Fsp3) is 0.625. The normalized spacial score (nSPS) is 18.4. The minimum Gasteiger partial charge on any atom is -0.0579 e. The summed E-state index contributed by atoms with van der Waals surface area (Å²) in [6.07, 6.45) is 7.07. The van der Waals surface area contributed by atoms with Crippen LogP contribution in [0.3, 0.4) is 0 Å². The first-order valence-corrected chi connectivity index (χ1v) is 7.58. The van der Waals surface area contributed by atoms with Crippen LogP contribution in [0.4, 0.5) is 0 Å². The Morgan fingerprint density at radius 3 is 2.41 bits per heavy atom. The molecule has 0 amide bonds. The van der Waals surface area contributed by atoms with E-state index in [2.05, 4.69) is 54.9 Å². The van der Waals surface area contributed by atoms with Crippen molar-refractivity contribution < 1.29 is 0 Å². The summed E-state index contributed by atoms with van der Waals surface area (Å²) in [5.41, 5.74) is 3.27. The number of hydrogen-bond donors (Lipinski definition) is 0. The molecule has 0 radical (unpaired) electrons. The second-order valence-corrected chi connectivity index (χ2v) is 6.93. The van der Waals surface area contributed by atoms with Crippen molar-refractivity contribution in [3.63, 3.8) is 0 Å². The molecular weight excluding hydrogens is 272 g/mol. The van der Waals surface area contributed by atoms with Gasteiger partial charge in [-0.2, -0.15) is 0 Å². The third-order valence-electron chi connectivity index (χ3n) is 4.52. The largest absolute Gasteiger partial charge is 0.0579 e. The number of rotatable bonds is 2. The van der Waals surface area contributed by atoms with Crippen molar-refractivity contribution in [1.82, 2.24) is 0 Å². The van der Waals surface area contributed by atoms with E-state index in [1.165, 1.54) is 47.7 Å². The van der Waals surface area contributed by atoms with Crippen LogP contribution in [0.5, 0.6) is 0 Å². The van der Waals surface area contributed by atoms with Gasteiger partial charge in [0.25, 0.3) is 0 Å². The van der Waals surface area contributed by atoms with Crippen molar-refractivity contribution in [3.8, 4) is 0 Å². The summed E-state index contributed by atoms with van der Waals surface area (Å²) in [4.78, 5) is 0. The van der Waals surface area contributed by atoms with Crippen molar-refractivity contribution in [2.75, 3.05) is 0 Å². The van der Waals surface area contributed by atoms with Gasteiger partial charge in [-0.3, -0.25) is 0 Å². The van der Waals surface area contributed by atoms with E-state index in [4.69, 9.17) is 0 Å². The van der Waals surface area contributed by atoms with Crippen molar-refractivity contribution in [2.45, 2.75) is 58.3 Å². The predicted octanol–water partition coefficient (Wildman–Crippen LogP) is 5.62. The molecule has 0 aliphatic heterocycles. The molecule has 1 fully saturated rings. The molecule has 0 atom stereocenters. The van der Waals surface area contributed by atoms with Crippen molar-refractivity contribution in [1.29, 1.82) is 0 Å². The molecule has 1 saturated carbocycles. The van der Waals surface area contributed by atoms with Gasteiger partial charge in [-0.05, 0) is 54.4 Å². The summed E-state index contributed by atoms with van der Waals surface area (Å²) in [5, 5.41) is 0. The maximum Gasteiger partial charge on any atom is 0.0178 e. The predicted molar refractivity (Wildman–Crippen MR) is 78.5 cm³/mol. The molecule has 1 aromatic rings. The fourth-order valence-corrected chi connectivity index (χ4v) is 3.69. The number of halogens is 1. The van der Waals surface area contributed by atoms with Crippen molar-refractivity contribution >= 4 is 15.9 Å². The molecule has 0 nitrogen and oxygen atoms in total. The van der Waals surface area contributed by atoms with Crippen LogP contribution < -0.4 is 0 Å². The van der Waals surface area contributed by atoms with Gasteiger partial charge in [-0.1, -0.05) is 55.1 Å². The Kier molecular flexibility index (Phi) is 3.97. The lowest BCUT2D eigenvalue weighted by Crippen LogP contribution is -2.31. The Hall–Kier alpha value is -0.300. The summed E-state index contributed by atoms with van der Waals surface area (Å²) < 4.78 is 1.21. The highest BCUT2D eigenvalue weighted by Gasteiger charge is 2.33. The Morgan fingerprint density at radius 1 is 1.12 bits per heavy atom. The highest BCUT2D eigenvalue weighted by molar-refractivity contribution is 9.10. The van der Waals surface area contributed by atoms with Crippen LogP contribution >= 0.6 is 15.9 Å². The van der Waals surface area contributed by atoms with Crippen LogP contribution in [0, 0.1) is 12.8 Å². The van der Waals surface area contributed by atoms with Gasteiger partial charge in [0, 0.05) is 4.47 Å². The van der Waals surface area contributed by atoms with Gasteiger partial charge in [-0.25, -0.2) is 0 Å². The van der Waals surface area contributed by atoms with Crippen LogP contribution in [0.15, 0.2) is 22.7 Å². The van der Waals surface area contributed by atoms with Gasteiger partial charge in [0.2, 0.25) is 0 Å². The molecule has 1 aliphatic carbocycles. The second-order valence-electron chi connectivity index (χ2n) is 6.02. The van der Waals surface area contributed by atoms with E-state index in [-0.39, 0.29) is 0 Å². The molecule has 0 unspecified atom stereocenters. The number of hydrogen-bond acceptors (Lipinski definition) is 0. The molecule has 0 spiro atoms. The zero-order valence-corrected chi connectivity index (χ0v) is 12.8. The molecule has 17 heavy (non-hydrogen) atoms. The minimum atomic E-state index is 0.314. The zero-order valence-electron chi connectivity index (χ0n) is 11.2. The van der Waals surface area contributed by atoms with E-state index >= 15 is 0 Å². The van der Waals surface area contributed by atoms with Crippen molar-refractivity contribution in [3.05, 3.63) is 33.8 Å². The van der Waals surface area contributed by atoms with Crippen LogP contribution in [0.25, 0.3) is 0 Å². The Labute approximate surface area is 114 Å². The Morgan fingerprint density at radius 2 is 1.76 bits per heavy atom. The second kappa shape index (κ2) is 5.14. The maximum atomic E-state index is 3.61. The average molecular weight is 295 g/mol. The number of aryl methyl sites for hydroxylation is 1. The molecule has 0 bridgehead atoms. The third-order valence-corrected chi connectivity index (χ3v) is 5.01. The lowest BCUT2D eigenvalue weighted by Gasteiger charge is -2.38. The summed E-state index contributed by atoms with van der Waals surface area (Å²) in [6.45, 7) is 7.10. The Balaban J connectivity index is 2.32. The van der Waals surface area contributed by atoms with Gasteiger partial charge < -0.3 is 0 Å². The molecular formula is C16H23Br. The summed E-state index contributed by atoms with van der Waals surface area (Å²) in [5.74, 6) is 0.851. The monoisotopic (exact) mass is 294 g/mol. The van der Waals surface area contributed by atoms with Gasteiger partial charge >= 0.3 is 0 Å². The van der Waals surface area contributed by atoms with Gasteiger partial charge in [0.15, 0.2) is 0 Å². The highest BCUT2D eigenvalue weighted by atomic mass is 79.9. The Bertz CT molecular complexity index is 387. The van der Waals surface area contributed by atoms with E-state index in [9.17, 15) is 0 Å².